The van der Waals surface area contributed by atoms with E-state index in [0.29, 0.717) is 11.6 Å². The molecular formula is C28H41N7O2. The van der Waals surface area contributed by atoms with Crippen molar-refractivity contribution >= 4 is 34.4 Å². The first kappa shape index (κ1) is 26.7. The number of anilines is 3. The number of piperidine rings is 1. The molecule has 9 nitrogen and oxygen atoms in total. The predicted molar refractivity (Wildman–Crippen MR) is 148 cm³/mol. The molecule has 2 saturated heterocycles. The van der Waals surface area contributed by atoms with E-state index in [1.54, 1.807) is 6.20 Å². The van der Waals surface area contributed by atoms with E-state index in [1.165, 1.54) is 12.8 Å². The standard InChI is InChI=1S/C24H31N7O2.C4H10/c1-14-10-21(30-29-14)27-20-13-19-18(6-5-9-25-19)22(28-20)26-15-11-16-7-8-17(12-15)31(16)23(32)33-24(2,3)4;1-3-4-2/h5-6,9-10,13,15-17H,7-8,11-12H2,1-4H3,(H3,26,27,28,29,30);3-4H2,1-2H3/t15?,16-,17+;. The van der Waals surface area contributed by atoms with E-state index in [1.807, 2.05) is 56.9 Å². The first-order valence-corrected chi connectivity index (χ1v) is 13.5. The topological polar surface area (TPSA) is 108 Å². The van der Waals surface area contributed by atoms with Crippen LogP contribution in [0, 0.1) is 6.92 Å². The summed E-state index contributed by atoms with van der Waals surface area (Å²) in [7, 11) is 0. The maximum Gasteiger partial charge on any atom is 0.410 e. The zero-order chi connectivity index (χ0) is 26.6. The highest BCUT2D eigenvalue weighted by Crippen LogP contribution is 2.38. The van der Waals surface area contributed by atoms with E-state index in [4.69, 9.17) is 9.72 Å². The van der Waals surface area contributed by atoms with Crippen molar-refractivity contribution in [2.75, 3.05) is 10.6 Å². The summed E-state index contributed by atoms with van der Waals surface area (Å²) in [6, 6.07) is 8.42. The summed E-state index contributed by atoms with van der Waals surface area (Å²) in [6.45, 7) is 12.1. The molecule has 0 aliphatic carbocycles. The minimum Gasteiger partial charge on any atom is -0.444 e. The molecule has 3 atom stereocenters. The molecule has 3 aromatic rings. The highest BCUT2D eigenvalue weighted by Gasteiger charge is 2.45. The Labute approximate surface area is 219 Å². The number of carbonyl (C=O) groups excluding carboxylic acids is 1. The molecule has 0 spiro atoms. The lowest BCUT2D eigenvalue weighted by atomic mass is 9.97. The number of unbranched alkanes of at least 4 members (excludes halogenated alkanes) is 1. The van der Waals surface area contributed by atoms with E-state index in [9.17, 15) is 4.79 Å². The quantitative estimate of drug-likeness (QED) is 0.359. The number of hydrogen-bond acceptors (Lipinski definition) is 7. The summed E-state index contributed by atoms with van der Waals surface area (Å²) >= 11 is 0. The fourth-order valence-corrected chi connectivity index (χ4v) is 4.96. The van der Waals surface area contributed by atoms with Gasteiger partial charge in [-0.3, -0.25) is 10.1 Å². The summed E-state index contributed by atoms with van der Waals surface area (Å²) in [4.78, 5) is 24.1. The Morgan fingerprint density at radius 1 is 1.14 bits per heavy atom. The third-order valence-corrected chi connectivity index (χ3v) is 6.74. The second-order valence-corrected chi connectivity index (χ2v) is 11.1. The molecule has 2 fully saturated rings. The van der Waals surface area contributed by atoms with Gasteiger partial charge in [0.05, 0.1) is 5.52 Å². The first-order valence-electron chi connectivity index (χ1n) is 13.5. The molecular weight excluding hydrogens is 466 g/mol. The molecule has 1 unspecified atom stereocenters. The summed E-state index contributed by atoms with van der Waals surface area (Å²) in [5, 5.41) is 15.1. The molecule has 2 aliphatic rings. The van der Waals surface area contributed by atoms with Crippen LogP contribution >= 0.6 is 0 Å². The van der Waals surface area contributed by atoms with Gasteiger partial charge in [-0.05, 0) is 65.5 Å². The number of nitrogens with one attached hydrogen (secondary N) is 3. The summed E-state index contributed by atoms with van der Waals surface area (Å²) in [6.07, 6.45) is 8.00. The third kappa shape index (κ3) is 6.70. The van der Waals surface area contributed by atoms with Gasteiger partial charge in [0.15, 0.2) is 5.82 Å². The Balaban J connectivity index is 0.000000747. The number of pyridine rings is 2. The summed E-state index contributed by atoms with van der Waals surface area (Å²) in [5.41, 5.74) is 1.35. The predicted octanol–water partition coefficient (Wildman–Crippen LogP) is 6.55. The van der Waals surface area contributed by atoms with Crippen molar-refractivity contribution < 1.29 is 9.53 Å². The molecule has 200 valence electrons. The van der Waals surface area contributed by atoms with Crippen LogP contribution in [-0.4, -0.2) is 54.9 Å². The third-order valence-electron chi connectivity index (χ3n) is 6.74. The lowest BCUT2D eigenvalue weighted by Crippen LogP contribution is -2.51. The fourth-order valence-electron chi connectivity index (χ4n) is 4.96. The molecule has 3 aromatic heterocycles. The van der Waals surface area contributed by atoms with E-state index in [-0.39, 0.29) is 24.2 Å². The molecule has 3 N–H and O–H groups in total. The molecule has 2 bridgehead atoms. The van der Waals surface area contributed by atoms with Gasteiger partial charge in [0.1, 0.15) is 17.2 Å². The second-order valence-electron chi connectivity index (χ2n) is 11.1. The van der Waals surface area contributed by atoms with Crippen LogP contribution < -0.4 is 10.6 Å². The number of H-pyrrole nitrogens is 1. The zero-order valence-corrected chi connectivity index (χ0v) is 23.0. The molecule has 0 saturated carbocycles. The minimum atomic E-state index is -0.484. The average Bonchev–Trinajstić information content (AvgIpc) is 3.37. The van der Waals surface area contributed by atoms with Crippen LogP contribution in [0.25, 0.3) is 10.9 Å². The summed E-state index contributed by atoms with van der Waals surface area (Å²) < 4.78 is 5.67. The van der Waals surface area contributed by atoms with Gasteiger partial charge in [-0.15, -0.1) is 0 Å². The van der Waals surface area contributed by atoms with Crippen LogP contribution in [0.5, 0.6) is 0 Å². The molecule has 2 aliphatic heterocycles. The maximum atomic E-state index is 12.8. The van der Waals surface area contributed by atoms with Gasteiger partial charge in [0, 0.05) is 47.5 Å². The van der Waals surface area contributed by atoms with Crippen molar-refractivity contribution in [2.45, 2.75) is 104 Å². The van der Waals surface area contributed by atoms with E-state index < -0.39 is 5.60 Å². The molecule has 37 heavy (non-hydrogen) atoms. The Morgan fingerprint density at radius 2 is 1.84 bits per heavy atom. The SMILES string of the molecule is CCCC.Cc1cc(Nc2cc3ncccc3c(NC3C[C@H]4CC[C@@H](C3)N4C(=O)OC(C)(C)C)n2)n[nH]1. The molecule has 5 rings (SSSR count). The van der Waals surface area contributed by atoms with E-state index in [2.05, 4.69) is 39.7 Å². The van der Waals surface area contributed by atoms with Gasteiger partial charge in [-0.25, -0.2) is 9.78 Å². The number of nitrogens with zero attached hydrogens (tertiary/aromatic N) is 4. The highest BCUT2D eigenvalue weighted by atomic mass is 16.6. The smallest absolute Gasteiger partial charge is 0.410 e. The number of carbonyl (C=O) groups is 1. The Hall–Kier alpha value is -3.36. The summed E-state index contributed by atoms with van der Waals surface area (Å²) in [5.74, 6) is 2.19. The van der Waals surface area contributed by atoms with Gasteiger partial charge >= 0.3 is 6.09 Å². The Kier molecular flexibility index (Phi) is 8.19. The molecule has 0 radical (unpaired) electrons. The van der Waals surface area contributed by atoms with Gasteiger partial charge < -0.3 is 20.3 Å². The minimum absolute atomic E-state index is 0.189. The van der Waals surface area contributed by atoms with Gasteiger partial charge in [-0.1, -0.05) is 26.7 Å². The van der Waals surface area contributed by atoms with Crippen molar-refractivity contribution in [1.29, 1.82) is 0 Å². The number of aromatic amines is 1. The number of rotatable bonds is 5. The number of amides is 1. The number of ether oxygens (including phenoxy) is 1. The number of hydrogen-bond donors (Lipinski definition) is 3. The first-order chi connectivity index (χ1) is 17.7. The lowest BCUT2D eigenvalue weighted by molar-refractivity contribution is 0.00683. The number of aryl methyl sites for hydroxylation is 1. The van der Waals surface area contributed by atoms with Gasteiger partial charge in [-0.2, -0.15) is 5.10 Å². The van der Waals surface area contributed by atoms with Crippen LogP contribution in [0.15, 0.2) is 30.5 Å². The number of aromatic nitrogens is 4. The molecule has 9 heteroatoms. The lowest BCUT2D eigenvalue weighted by Gasteiger charge is -2.39. The Morgan fingerprint density at radius 3 is 2.43 bits per heavy atom. The molecule has 1 amide bonds. The monoisotopic (exact) mass is 507 g/mol. The number of fused-ring (bicyclic) bond motifs is 3. The average molecular weight is 508 g/mol. The van der Waals surface area contributed by atoms with E-state index >= 15 is 0 Å². The van der Waals surface area contributed by atoms with E-state index in [0.717, 1.165) is 48.1 Å². The zero-order valence-electron chi connectivity index (χ0n) is 23.0. The van der Waals surface area contributed by atoms with Gasteiger partial charge in [0.2, 0.25) is 0 Å². The second kappa shape index (κ2) is 11.4. The highest BCUT2D eigenvalue weighted by molar-refractivity contribution is 5.91. The van der Waals surface area contributed by atoms with Crippen molar-refractivity contribution in [2.24, 2.45) is 0 Å². The van der Waals surface area contributed by atoms with Crippen molar-refractivity contribution in [3.63, 3.8) is 0 Å². The Bertz CT molecular complexity index is 1190. The normalized spacial score (nSPS) is 20.8. The van der Waals surface area contributed by atoms with Crippen LogP contribution in [0.3, 0.4) is 0 Å². The van der Waals surface area contributed by atoms with Crippen LogP contribution in [0.2, 0.25) is 0 Å². The fraction of sp³-hybridized carbons (Fsp3) is 0.571. The maximum absolute atomic E-state index is 12.8. The largest absolute Gasteiger partial charge is 0.444 e. The van der Waals surface area contributed by atoms with Crippen molar-refractivity contribution in [3.05, 3.63) is 36.2 Å². The van der Waals surface area contributed by atoms with Gasteiger partial charge in [0.25, 0.3) is 0 Å². The van der Waals surface area contributed by atoms with Crippen LogP contribution in [0.4, 0.5) is 22.2 Å². The van der Waals surface area contributed by atoms with Crippen LogP contribution in [-0.2, 0) is 4.74 Å². The van der Waals surface area contributed by atoms with Crippen molar-refractivity contribution in [1.82, 2.24) is 25.1 Å². The molecule has 0 aromatic carbocycles. The van der Waals surface area contributed by atoms with Crippen molar-refractivity contribution in [3.8, 4) is 0 Å². The van der Waals surface area contributed by atoms with Crippen LogP contribution in [0.1, 0.15) is 78.8 Å². The molecule has 5 heterocycles.